The lowest BCUT2D eigenvalue weighted by atomic mass is 9.74. The van der Waals surface area contributed by atoms with Gasteiger partial charge < -0.3 is 19.3 Å². The van der Waals surface area contributed by atoms with Gasteiger partial charge in [-0.1, -0.05) is 153 Å². The summed E-state index contributed by atoms with van der Waals surface area (Å²) in [6, 6.07) is 7.70. The summed E-state index contributed by atoms with van der Waals surface area (Å²) in [5.74, 6) is -2.31. The Labute approximate surface area is 343 Å². The number of carboxylic acid groups (broad SMARTS) is 1. The van der Waals surface area contributed by atoms with Crippen LogP contribution in [-0.2, 0) is 43.7 Å². The summed E-state index contributed by atoms with van der Waals surface area (Å²) in [6.45, 7) is 3.97. The molecule has 10 nitrogen and oxygen atoms in total. The highest BCUT2D eigenvalue weighted by atomic mass is 35.5. The fourth-order valence-corrected chi connectivity index (χ4v) is 7.35. The quantitative estimate of drug-likeness (QED) is 0.0454. The summed E-state index contributed by atoms with van der Waals surface area (Å²) in [6.07, 6.45) is 23.2. The molecule has 1 saturated carbocycles. The van der Waals surface area contributed by atoms with E-state index in [1.807, 2.05) is 43.3 Å². The molecule has 0 saturated heterocycles. The molecule has 1 atom stereocenters. The van der Waals surface area contributed by atoms with Gasteiger partial charge in [0.2, 0.25) is 0 Å². The van der Waals surface area contributed by atoms with E-state index in [0.29, 0.717) is 17.2 Å². The summed E-state index contributed by atoms with van der Waals surface area (Å²) in [5.41, 5.74) is 0.438. The van der Waals surface area contributed by atoms with Crippen LogP contribution in [-0.4, -0.2) is 73.1 Å². The number of halogens is 1. The molecule has 1 aliphatic carbocycles. The number of aliphatic carboxylic acids is 1. The minimum absolute atomic E-state index is 0.222. The molecule has 1 aromatic rings. The number of nitrogens with zero attached hydrogens (tertiary/aromatic N) is 1. The lowest BCUT2D eigenvalue weighted by Gasteiger charge is -2.42. The van der Waals surface area contributed by atoms with Crippen LogP contribution in [0.1, 0.15) is 186 Å². The molecule has 0 radical (unpaired) electrons. The van der Waals surface area contributed by atoms with Gasteiger partial charge in [0.05, 0.1) is 12.8 Å². The maximum Gasteiger partial charge on any atom is 0.306 e. The van der Waals surface area contributed by atoms with Gasteiger partial charge in [-0.3, -0.25) is 28.9 Å². The molecule has 320 valence electrons. The zero-order valence-corrected chi connectivity index (χ0v) is 36.0. The van der Waals surface area contributed by atoms with Crippen molar-refractivity contribution >= 4 is 41.3 Å². The van der Waals surface area contributed by atoms with E-state index < -0.39 is 23.6 Å². The Balaban J connectivity index is 0.000000755. The molecule has 0 heterocycles. The highest BCUT2D eigenvalue weighted by molar-refractivity contribution is 6.31. The van der Waals surface area contributed by atoms with E-state index in [-0.39, 0.29) is 50.8 Å². The fourth-order valence-electron chi connectivity index (χ4n) is 7.05. The second kappa shape index (κ2) is 32.0. The van der Waals surface area contributed by atoms with Crippen molar-refractivity contribution in [1.82, 2.24) is 4.90 Å². The smallest absolute Gasteiger partial charge is 0.306 e. The van der Waals surface area contributed by atoms with Crippen LogP contribution < -0.4 is 0 Å². The molecular formula is C45H74ClNO9. The zero-order chi connectivity index (χ0) is 41.4. The van der Waals surface area contributed by atoms with E-state index >= 15 is 0 Å². The van der Waals surface area contributed by atoms with E-state index in [9.17, 15) is 24.0 Å². The zero-order valence-electron chi connectivity index (χ0n) is 35.2. The van der Waals surface area contributed by atoms with E-state index in [1.54, 1.807) is 0 Å². The van der Waals surface area contributed by atoms with E-state index in [1.165, 1.54) is 77.0 Å². The topological polar surface area (TPSA) is 137 Å². The molecule has 0 aliphatic heterocycles. The summed E-state index contributed by atoms with van der Waals surface area (Å²) >= 11 is 6.28. The molecule has 1 aliphatic rings. The minimum Gasteiger partial charge on any atom is -0.481 e. The number of hydrogen-bond acceptors (Lipinski definition) is 9. The Hall–Kier alpha value is -2.98. The van der Waals surface area contributed by atoms with Gasteiger partial charge in [-0.05, 0) is 51.4 Å². The molecule has 0 aromatic heterocycles. The Morgan fingerprint density at radius 1 is 0.679 bits per heavy atom. The highest BCUT2D eigenvalue weighted by Crippen LogP contribution is 2.41. The third-order valence-electron chi connectivity index (χ3n) is 10.4. The van der Waals surface area contributed by atoms with Crippen LogP contribution >= 0.6 is 11.6 Å². The van der Waals surface area contributed by atoms with Crippen molar-refractivity contribution in [3.63, 3.8) is 0 Å². The van der Waals surface area contributed by atoms with E-state index in [2.05, 4.69) is 13.8 Å². The number of ketones is 1. The largest absolute Gasteiger partial charge is 0.481 e. The predicted molar refractivity (Wildman–Crippen MR) is 223 cm³/mol. The third kappa shape index (κ3) is 22.7. The van der Waals surface area contributed by atoms with Gasteiger partial charge in [-0.25, -0.2) is 0 Å². The number of hydrogen-bond donors (Lipinski definition) is 1. The van der Waals surface area contributed by atoms with Crippen LogP contribution in [0, 0.1) is 0 Å². The maximum atomic E-state index is 12.4. The Kier molecular flexibility index (Phi) is 29.2. The van der Waals surface area contributed by atoms with Crippen molar-refractivity contribution in [1.29, 1.82) is 0 Å². The fraction of sp³-hybridized carbons (Fsp3) is 0.756. The second-order valence-corrected chi connectivity index (χ2v) is 15.8. The minimum atomic E-state index is -1.11. The Bertz CT molecular complexity index is 1220. The number of carboxylic acids is 1. The van der Waals surface area contributed by atoms with Gasteiger partial charge in [0.1, 0.15) is 18.8 Å². The molecule has 1 unspecified atom stereocenters. The van der Waals surface area contributed by atoms with Crippen molar-refractivity contribution in [3.8, 4) is 0 Å². The van der Waals surface area contributed by atoms with Crippen LogP contribution in [0.2, 0.25) is 5.02 Å². The molecule has 0 bridgehead atoms. The molecule has 1 N–H and O–H groups in total. The summed E-state index contributed by atoms with van der Waals surface area (Å²) in [4.78, 5) is 61.4. The molecule has 0 amide bonds. The monoisotopic (exact) mass is 808 g/mol. The standard InChI is InChI=1S/C31H56O8.C14H18ClNO/c1-3-5-7-9-11-13-15-17-19-21-29(34)37-25-27(39-31(36)24-23-28(32)33)26-38-30(35)22-20-18-16-14-12-10-8-6-4-2;1-16(2)14(10-6-5-9-13(14)17)11-7-3-4-8-12(11)15/h27H,3-26H2,1-2H3,(H,32,33);3-4,7-8H,5-6,9-10H2,1-2H3. The number of benzene rings is 1. The first-order valence-corrected chi connectivity index (χ1v) is 22.0. The van der Waals surface area contributed by atoms with Crippen LogP contribution in [0.3, 0.4) is 0 Å². The number of Topliss-reactive ketones (excluding diaryl/α,β-unsaturated/α-hetero) is 1. The first-order chi connectivity index (χ1) is 27.0. The molecule has 2 rings (SSSR count). The van der Waals surface area contributed by atoms with Crippen molar-refractivity contribution in [2.45, 2.75) is 192 Å². The van der Waals surface area contributed by atoms with Gasteiger partial charge in [-0.15, -0.1) is 0 Å². The number of esters is 3. The van der Waals surface area contributed by atoms with Gasteiger partial charge in [0, 0.05) is 24.3 Å². The number of unbranched alkanes of at least 4 members (excludes halogenated alkanes) is 16. The number of carbonyl (C=O) groups excluding carboxylic acids is 4. The SMILES string of the molecule is CCCCCCCCCCCC(=O)OCC(COC(=O)CCCCCCCCCCC)OC(=O)CCC(=O)O.CN(C)C1(c2ccccc2Cl)CCCCC1=O. The van der Waals surface area contributed by atoms with E-state index in [0.717, 1.165) is 63.4 Å². The maximum absolute atomic E-state index is 12.4. The molecule has 56 heavy (non-hydrogen) atoms. The third-order valence-corrected chi connectivity index (χ3v) is 10.7. The first kappa shape index (κ1) is 51.0. The van der Waals surface area contributed by atoms with Gasteiger partial charge in [0.15, 0.2) is 11.9 Å². The Morgan fingerprint density at radius 2 is 1.14 bits per heavy atom. The van der Waals surface area contributed by atoms with Crippen LogP contribution in [0.5, 0.6) is 0 Å². The summed E-state index contributed by atoms with van der Waals surface area (Å²) in [5, 5.41) is 9.46. The van der Waals surface area contributed by atoms with Crippen molar-refractivity contribution in [3.05, 3.63) is 34.9 Å². The number of likely N-dealkylation sites (N-methyl/N-ethyl adjacent to an activating group) is 1. The van der Waals surface area contributed by atoms with E-state index in [4.69, 9.17) is 30.9 Å². The summed E-state index contributed by atoms with van der Waals surface area (Å²) in [7, 11) is 3.93. The predicted octanol–water partition coefficient (Wildman–Crippen LogP) is 10.9. The number of ether oxygens (including phenoxy) is 3. The molecule has 11 heteroatoms. The Morgan fingerprint density at radius 3 is 1.57 bits per heavy atom. The lowest BCUT2D eigenvalue weighted by Crippen LogP contribution is -2.50. The van der Waals surface area contributed by atoms with Crippen molar-refractivity contribution in [2.75, 3.05) is 27.3 Å². The molecule has 0 spiro atoms. The van der Waals surface area contributed by atoms with Crippen LogP contribution in [0.15, 0.2) is 24.3 Å². The van der Waals surface area contributed by atoms with Crippen LogP contribution in [0.25, 0.3) is 0 Å². The average molecular weight is 809 g/mol. The van der Waals surface area contributed by atoms with Gasteiger partial charge in [-0.2, -0.15) is 0 Å². The first-order valence-electron chi connectivity index (χ1n) is 21.7. The van der Waals surface area contributed by atoms with Crippen molar-refractivity contribution in [2.24, 2.45) is 0 Å². The second-order valence-electron chi connectivity index (χ2n) is 15.4. The number of rotatable bonds is 30. The van der Waals surface area contributed by atoms with Crippen molar-refractivity contribution < 1.29 is 43.3 Å². The highest BCUT2D eigenvalue weighted by Gasteiger charge is 2.44. The van der Waals surface area contributed by atoms with Gasteiger partial charge >= 0.3 is 23.9 Å². The lowest BCUT2D eigenvalue weighted by molar-refractivity contribution is -0.167. The summed E-state index contributed by atoms with van der Waals surface area (Å²) < 4.78 is 15.8. The molecular weight excluding hydrogens is 734 g/mol. The van der Waals surface area contributed by atoms with Crippen LogP contribution in [0.4, 0.5) is 0 Å². The average Bonchev–Trinajstić information content (AvgIpc) is 3.17. The number of carbonyl (C=O) groups is 5. The molecule has 1 aromatic carbocycles. The molecule has 1 fully saturated rings. The van der Waals surface area contributed by atoms with Gasteiger partial charge in [0.25, 0.3) is 0 Å². The normalized spacial score (nSPS) is 15.3.